The number of benzene rings is 1. The van der Waals surface area contributed by atoms with E-state index in [4.69, 9.17) is 21.1 Å². The molecule has 0 aliphatic heterocycles. The molecule has 0 aliphatic carbocycles. The highest BCUT2D eigenvalue weighted by atomic mass is 16.5. The van der Waals surface area contributed by atoms with Gasteiger partial charge in [0.25, 0.3) is 0 Å². The maximum absolute atomic E-state index is 8.75. The van der Waals surface area contributed by atoms with Crippen LogP contribution in [0.15, 0.2) is 24.3 Å². The Morgan fingerprint density at radius 3 is 2.53 bits per heavy atom. The van der Waals surface area contributed by atoms with E-state index < -0.39 is 0 Å². The molecule has 0 saturated carbocycles. The number of nitriles is 1. The molecule has 0 amide bonds. The number of nitrogens with one attached hydrogen (secondary N) is 1. The van der Waals surface area contributed by atoms with Crippen molar-refractivity contribution in [2.45, 2.75) is 6.92 Å². The average Bonchev–Trinajstić information content (AvgIpc) is 2.21. The van der Waals surface area contributed by atoms with Crippen LogP contribution in [0.4, 0.5) is 5.69 Å². The van der Waals surface area contributed by atoms with Crippen molar-refractivity contribution >= 4 is 11.6 Å². The lowest BCUT2D eigenvalue weighted by Crippen LogP contribution is -2.32. The van der Waals surface area contributed by atoms with Gasteiger partial charge in [-0.25, -0.2) is 4.90 Å². The van der Waals surface area contributed by atoms with Crippen LogP contribution in [0.1, 0.15) is 6.92 Å². The van der Waals surface area contributed by atoms with Gasteiger partial charge >= 0.3 is 0 Å². The summed E-state index contributed by atoms with van der Waals surface area (Å²) in [5.41, 5.74) is 5.78. The minimum absolute atomic E-state index is 0.304. The van der Waals surface area contributed by atoms with Crippen LogP contribution in [-0.2, 0) is 0 Å². The molecule has 0 bridgehead atoms. The van der Waals surface area contributed by atoms with E-state index in [9.17, 15) is 0 Å². The highest BCUT2D eigenvalue weighted by Crippen LogP contribution is 2.18. The molecule has 0 radical (unpaired) electrons. The van der Waals surface area contributed by atoms with Gasteiger partial charge < -0.3 is 10.5 Å². The Balaban J connectivity index is 2.88. The van der Waals surface area contributed by atoms with E-state index in [0.29, 0.717) is 12.3 Å². The van der Waals surface area contributed by atoms with Crippen LogP contribution in [0.2, 0.25) is 0 Å². The van der Waals surface area contributed by atoms with E-state index >= 15 is 0 Å². The molecule has 1 aromatic carbocycles. The van der Waals surface area contributed by atoms with Gasteiger partial charge in [-0.3, -0.25) is 5.41 Å². The van der Waals surface area contributed by atoms with E-state index in [1.807, 2.05) is 13.1 Å². The topological polar surface area (TPSA) is 86.1 Å². The lowest BCUT2D eigenvalue weighted by molar-refractivity contribution is 0.340. The van der Waals surface area contributed by atoms with Gasteiger partial charge in [0.15, 0.2) is 6.19 Å². The maximum atomic E-state index is 8.75. The average molecular weight is 204 g/mol. The standard InChI is InChI=1S/C10H12N4O/c1-2-15-9-5-3-8(4-6-9)14(7-11)10(12)13/h3-6H,2H2,1H3,(H3,12,13). The fourth-order valence-corrected chi connectivity index (χ4v) is 1.11. The molecular weight excluding hydrogens is 192 g/mol. The first-order valence-electron chi connectivity index (χ1n) is 4.45. The third-order valence-electron chi connectivity index (χ3n) is 1.75. The van der Waals surface area contributed by atoms with Gasteiger partial charge in [-0.15, -0.1) is 0 Å². The van der Waals surface area contributed by atoms with Gasteiger partial charge in [-0.05, 0) is 31.2 Å². The number of hydrogen-bond donors (Lipinski definition) is 2. The summed E-state index contributed by atoms with van der Waals surface area (Å²) in [6.07, 6.45) is 1.81. The smallest absolute Gasteiger partial charge is 0.206 e. The Hall–Kier alpha value is -2.22. The van der Waals surface area contributed by atoms with E-state index in [-0.39, 0.29) is 5.96 Å². The normalized spacial score (nSPS) is 9.07. The monoisotopic (exact) mass is 204 g/mol. The van der Waals surface area contributed by atoms with Crippen molar-refractivity contribution in [3.63, 3.8) is 0 Å². The lowest BCUT2D eigenvalue weighted by atomic mass is 10.3. The summed E-state index contributed by atoms with van der Waals surface area (Å²) in [6.45, 7) is 2.49. The summed E-state index contributed by atoms with van der Waals surface area (Å²) in [5.74, 6) is 0.421. The first kappa shape index (κ1) is 10.9. The third-order valence-corrected chi connectivity index (χ3v) is 1.75. The largest absolute Gasteiger partial charge is 0.494 e. The molecule has 0 aliphatic rings. The number of hydrogen-bond acceptors (Lipinski definition) is 3. The quantitative estimate of drug-likeness (QED) is 0.336. The second-order valence-electron chi connectivity index (χ2n) is 2.75. The predicted octanol–water partition coefficient (Wildman–Crippen LogP) is 1.27. The molecule has 78 valence electrons. The summed E-state index contributed by atoms with van der Waals surface area (Å²) in [4.78, 5) is 1.02. The number of anilines is 1. The molecule has 1 rings (SSSR count). The summed E-state index contributed by atoms with van der Waals surface area (Å²) in [7, 11) is 0. The van der Waals surface area contributed by atoms with Crippen LogP contribution >= 0.6 is 0 Å². The molecule has 15 heavy (non-hydrogen) atoms. The molecule has 0 spiro atoms. The van der Waals surface area contributed by atoms with E-state index in [0.717, 1.165) is 10.6 Å². The third kappa shape index (κ3) is 2.61. The molecular formula is C10H12N4O. The number of nitrogens with two attached hydrogens (primary N) is 1. The van der Waals surface area contributed by atoms with Crippen molar-refractivity contribution in [3.8, 4) is 11.9 Å². The van der Waals surface area contributed by atoms with Gasteiger partial charge in [0, 0.05) is 0 Å². The van der Waals surface area contributed by atoms with Crippen molar-refractivity contribution in [3.05, 3.63) is 24.3 Å². The zero-order valence-corrected chi connectivity index (χ0v) is 8.40. The van der Waals surface area contributed by atoms with Gasteiger partial charge in [-0.2, -0.15) is 5.26 Å². The SMILES string of the molecule is CCOc1ccc(N(C#N)C(=N)N)cc1. The first-order valence-corrected chi connectivity index (χ1v) is 4.45. The van der Waals surface area contributed by atoms with Crippen molar-refractivity contribution in [2.24, 2.45) is 5.73 Å². The highest BCUT2D eigenvalue weighted by Gasteiger charge is 2.07. The fraction of sp³-hybridized carbons (Fsp3) is 0.200. The minimum atomic E-state index is -0.304. The Morgan fingerprint density at radius 2 is 2.13 bits per heavy atom. The second-order valence-corrected chi connectivity index (χ2v) is 2.75. The van der Waals surface area contributed by atoms with Crippen molar-refractivity contribution < 1.29 is 4.74 Å². The summed E-state index contributed by atoms with van der Waals surface area (Å²) in [6, 6.07) is 6.81. The molecule has 1 aromatic rings. The molecule has 0 heterocycles. The second kappa shape index (κ2) is 4.86. The van der Waals surface area contributed by atoms with Crippen molar-refractivity contribution in [1.82, 2.24) is 0 Å². The maximum Gasteiger partial charge on any atom is 0.206 e. The van der Waals surface area contributed by atoms with Crippen LogP contribution in [0, 0.1) is 16.9 Å². The van der Waals surface area contributed by atoms with Gasteiger partial charge in [-0.1, -0.05) is 0 Å². The lowest BCUT2D eigenvalue weighted by Gasteiger charge is -2.13. The predicted molar refractivity (Wildman–Crippen MR) is 57.6 cm³/mol. The molecule has 0 saturated heterocycles. The highest BCUT2D eigenvalue weighted by molar-refractivity contribution is 5.95. The van der Waals surface area contributed by atoms with Gasteiger partial charge in [0.05, 0.1) is 12.3 Å². The zero-order valence-electron chi connectivity index (χ0n) is 8.40. The molecule has 0 fully saturated rings. The van der Waals surface area contributed by atoms with Crippen LogP contribution in [0.3, 0.4) is 0 Å². The molecule has 5 nitrogen and oxygen atoms in total. The van der Waals surface area contributed by atoms with E-state index in [2.05, 4.69) is 0 Å². The van der Waals surface area contributed by atoms with E-state index in [1.54, 1.807) is 24.3 Å². The minimum Gasteiger partial charge on any atom is -0.494 e. The summed E-state index contributed by atoms with van der Waals surface area (Å²) in [5, 5.41) is 15.9. The Kier molecular flexibility index (Phi) is 3.52. The van der Waals surface area contributed by atoms with Gasteiger partial charge in [0.2, 0.25) is 5.96 Å². The zero-order chi connectivity index (χ0) is 11.3. The van der Waals surface area contributed by atoms with Crippen LogP contribution in [0.5, 0.6) is 5.75 Å². The molecule has 3 N–H and O–H groups in total. The summed E-state index contributed by atoms with van der Waals surface area (Å²) >= 11 is 0. The first-order chi connectivity index (χ1) is 7.19. The number of nitrogens with zero attached hydrogens (tertiary/aromatic N) is 2. The van der Waals surface area contributed by atoms with Crippen LogP contribution in [-0.4, -0.2) is 12.6 Å². The summed E-state index contributed by atoms with van der Waals surface area (Å²) < 4.78 is 5.25. The Morgan fingerprint density at radius 1 is 1.53 bits per heavy atom. The number of guanidine groups is 1. The molecule has 5 heteroatoms. The van der Waals surface area contributed by atoms with Crippen LogP contribution in [0.25, 0.3) is 0 Å². The molecule has 0 unspecified atom stereocenters. The van der Waals surface area contributed by atoms with Gasteiger partial charge in [0.1, 0.15) is 5.75 Å². The molecule has 0 atom stereocenters. The Labute approximate surface area is 88.2 Å². The molecule has 0 aromatic heterocycles. The number of rotatable bonds is 3. The number of ether oxygens (including phenoxy) is 1. The van der Waals surface area contributed by atoms with Crippen molar-refractivity contribution in [2.75, 3.05) is 11.5 Å². The van der Waals surface area contributed by atoms with Crippen LogP contribution < -0.4 is 15.4 Å². The van der Waals surface area contributed by atoms with Crippen molar-refractivity contribution in [1.29, 1.82) is 10.7 Å². The Bertz CT molecular complexity index is 379. The van der Waals surface area contributed by atoms with E-state index in [1.165, 1.54) is 0 Å². The fourth-order valence-electron chi connectivity index (χ4n) is 1.11.